The Labute approximate surface area is 114 Å². The summed E-state index contributed by atoms with van der Waals surface area (Å²) in [5.74, 6) is 0.617. The zero-order valence-electron chi connectivity index (χ0n) is 11.5. The van der Waals surface area contributed by atoms with E-state index < -0.39 is 12.0 Å². The topological polar surface area (TPSA) is 63.3 Å². The van der Waals surface area contributed by atoms with E-state index in [1.54, 1.807) is 0 Å². The normalized spacial score (nSPS) is 24.9. The van der Waals surface area contributed by atoms with Gasteiger partial charge in [0.05, 0.1) is 6.42 Å². The van der Waals surface area contributed by atoms with Crippen LogP contribution in [0.4, 0.5) is 0 Å². The molecular weight excluding hydrogens is 238 g/mol. The van der Waals surface area contributed by atoms with Gasteiger partial charge in [0.1, 0.15) is 0 Å². The number of carboxylic acids is 1. The minimum atomic E-state index is -0.843. The fraction of sp³-hybridized carbons (Fsp3) is 0.562. The molecule has 1 aliphatic carbocycles. The van der Waals surface area contributed by atoms with Crippen LogP contribution in [-0.4, -0.2) is 11.1 Å². The Morgan fingerprint density at radius 3 is 2.68 bits per heavy atom. The molecule has 3 heteroatoms. The van der Waals surface area contributed by atoms with Gasteiger partial charge in [-0.2, -0.15) is 0 Å². The summed E-state index contributed by atoms with van der Waals surface area (Å²) in [5, 5.41) is 8.81. The number of carboxylic acid groups (broad SMARTS) is 1. The molecule has 0 saturated heterocycles. The number of rotatable bonds is 4. The maximum Gasteiger partial charge on any atom is 0.305 e. The molecular formula is C16H23NO2. The second-order valence-corrected chi connectivity index (χ2v) is 5.83. The lowest BCUT2D eigenvalue weighted by Crippen LogP contribution is -2.16. The van der Waals surface area contributed by atoms with Crippen LogP contribution in [0.25, 0.3) is 0 Å². The Hall–Kier alpha value is -1.35. The summed E-state index contributed by atoms with van der Waals surface area (Å²) in [6.07, 6.45) is 5.04. The molecule has 1 aliphatic rings. The molecule has 3 N–H and O–H groups in total. The Kier molecular flexibility index (Phi) is 4.59. The lowest BCUT2D eigenvalue weighted by Gasteiger charge is -2.27. The van der Waals surface area contributed by atoms with E-state index in [-0.39, 0.29) is 6.42 Å². The number of aliphatic carboxylic acids is 1. The van der Waals surface area contributed by atoms with Gasteiger partial charge in [-0.25, -0.2) is 0 Å². The lowest BCUT2D eigenvalue weighted by atomic mass is 9.79. The van der Waals surface area contributed by atoms with E-state index in [4.69, 9.17) is 10.8 Å². The van der Waals surface area contributed by atoms with E-state index in [1.165, 1.54) is 31.2 Å². The average Bonchev–Trinajstić information content (AvgIpc) is 2.39. The van der Waals surface area contributed by atoms with E-state index >= 15 is 0 Å². The van der Waals surface area contributed by atoms with Crippen molar-refractivity contribution in [3.8, 4) is 0 Å². The van der Waals surface area contributed by atoms with Crippen LogP contribution in [0.15, 0.2) is 24.3 Å². The summed E-state index contributed by atoms with van der Waals surface area (Å²) in [4.78, 5) is 10.7. The Morgan fingerprint density at radius 1 is 1.37 bits per heavy atom. The van der Waals surface area contributed by atoms with Gasteiger partial charge in [0, 0.05) is 6.04 Å². The van der Waals surface area contributed by atoms with Crippen LogP contribution in [0.1, 0.15) is 62.1 Å². The van der Waals surface area contributed by atoms with Crippen LogP contribution in [0.2, 0.25) is 0 Å². The Balaban J connectivity index is 2.08. The highest BCUT2D eigenvalue weighted by Gasteiger charge is 2.20. The molecule has 3 nitrogen and oxygen atoms in total. The second kappa shape index (κ2) is 6.20. The van der Waals surface area contributed by atoms with Gasteiger partial charge in [-0.05, 0) is 35.8 Å². The highest BCUT2D eigenvalue weighted by Crippen LogP contribution is 2.36. The molecule has 104 valence electrons. The van der Waals surface area contributed by atoms with Gasteiger partial charge in [-0.1, -0.05) is 44.0 Å². The SMILES string of the molecule is CC1CCC(c2cccc(C(N)CC(=O)O)c2)CC1. The van der Waals surface area contributed by atoms with Crippen LogP contribution in [0.3, 0.4) is 0 Å². The van der Waals surface area contributed by atoms with E-state index in [2.05, 4.69) is 19.1 Å². The zero-order valence-corrected chi connectivity index (χ0v) is 11.5. The summed E-state index contributed by atoms with van der Waals surface area (Å²) in [5.41, 5.74) is 8.20. The first-order chi connectivity index (χ1) is 9.06. The highest BCUT2D eigenvalue weighted by molar-refractivity contribution is 5.67. The molecule has 1 fully saturated rings. The first-order valence-electron chi connectivity index (χ1n) is 7.13. The van der Waals surface area contributed by atoms with Crippen LogP contribution >= 0.6 is 0 Å². The molecule has 1 saturated carbocycles. The predicted octanol–water partition coefficient (Wildman–Crippen LogP) is 3.45. The molecule has 19 heavy (non-hydrogen) atoms. The summed E-state index contributed by atoms with van der Waals surface area (Å²) < 4.78 is 0. The van der Waals surface area contributed by atoms with Crippen molar-refractivity contribution in [2.75, 3.05) is 0 Å². The lowest BCUT2D eigenvalue weighted by molar-refractivity contribution is -0.137. The number of nitrogens with two attached hydrogens (primary N) is 1. The quantitative estimate of drug-likeness (QED) is 0.872. The molecule has 2 rings (SSSR count). The zero-order chi connectivity index (χ0) is 13.8. The van der Waals surface area contributed by atoms with Gasteiger partial charge in [-0.3, -0.25) is 4.79 Å². The number of carbonyl (C=O) groups is 1. The van der Waals surface area contributed by atoms with Crippen molar-refractivity contribution < 1.29 is 9.90 Å². The molecule has 0 aromatic heterocycles. The van der Waals surface area contributed by atoms with Crippen molar-refractivity contribution in [1.29, 1.82) is 0 Å². The predicted molar refractivity (Wildman–Crippen MR) is 76.0 cm³/mol. The smallest absolute Gasteiger partial charge is 0.305 e. The van der Waals surface area contributed by atoms with Crippen molar-refractivity contribution >= 4 is 5.97 Å². The summed E-state index contributed by atoms with van der Waals surface area (Å²) in [6, 6.07) is 7.79. The maximum atomic E-state index is 10.7. The molecule has 0 heterocycles. The molecule has 0 bridgehead atoms. The first kappa shape index (κ1) is 14.1. The Bertz CT molecular complexity index is 436. The van der Waals surface area contributed by atoms with E-state index in [9.17, 15) is 4.79 Å². The van der Waals surface area contributed by atoms with Crippen molar-refractivity contribution in [1.82, 2.24) is 0 Å². The van der Waals surface area contributed by atoms with E-state index in [0.29, 0.717) is 5.92 Å². The van der Waals surface area contributed by atoms with Gasteiger partial charge in [0.15, 0.2) is 0 Å². The third kappa shape index (κ3) is 3.80. The van der Waals surface area contributed by atoms with Gasteiger partial charge >= 0.3 is 5.97 Å². The first-order valence-corrected chi connectivity index (χ1v) is 7.13. The summed E-state index contributed by atoms with van der Waals surface area (Å²) in [7, 11) is 0. The van der Waals surface area contributed by atoms with Crippen molar-refractivity contribution in [2.45, 2.75) is 51.0 Å². The third-order valence-electron chi connectivity index (χ3n) is 4.22. The summed E-state index contributed by atoms with van der Waals surface area (Å²) >= 11 is 0. The number of hydrogen-bond acceptors (Lipinski definition) is 2. The molecule has 1 unspecified atom stereocenters. The monoisotopic (exact) mass is 261 g/mol. The fourth-order valence-corrected chi connectivity index (χ4v) is 2.94. The van der Waals surface area contributed by atoms with Gasteiger partial charge in [0.2, 0.25) is 0 Å². The van der Waals surface area contributed by atoms with Crippen LogP contribution < -0.4 is 5.73 Å². The van der Waals surface area contributed by atoms with Crippen LogP contribution in [-0.2, 0) is 4.79 Å². The van der Waals surface area contributed by atoms with Crippen molar-refractivity contribution in [3.63, 3.8) is 0 Å². The Morgan fingerprint density at radius 2 is 2.05 bits per heavy atom. The third-order valence-corrected chi connectivity index (χ3v) is 4.22. The molecule has 1 aromatic carbocycles. The fourth-order valence-electron chi connectivity index (χ4n) is 2.94. The maximum absolute atomic E-state index is 10.7. The molecule has 0 radical (unpaired) electrons. The second-order valence-electron chi connectivity index (χ2n) is 5.83. The minimum absolute atomic E-state index is 0.00878. The molecule has 0 amide bonds. The molecule has 1 atom stereocenters. The van der Waals surface area contributed by atoms with E-state index in [1.807, 2.05) is 12.1 Å². The summed E-state index contributed by atoms with van der Waals surface area (Å²) in [6.45, 7) is 2.31. The number of hydrogen-bond donors (Lipinski definition) is 2. The average molecular weight is 261 g/mol. The van der Waals surface area contributed by atoms with Crippen LogP contribution in [0, 0.1) is 5.92 Å². The molecule has 0 aliphatic heterocycles. The minimum Gasteiger partial charge on any atom is -0.481 e. The van der Waals surface area contributed by atoms with Gasteiger partial charge in [0.25, 0.3) is 0 Å². The molecule has 1 aromatic rings. The van der Waals surface area contributed by atoms with Crippen molar-refractivity contribution in [2.24, 2.45) is 11.7 Å². The van der Waals surface area contributed by atoms with Gasteiger partial charge in [-0.15, -0.1) is 0 Å². The standard InChI is InChI=1S/C16H23NO2/c1-11-5-7-12(8-6-11)13-3-2-4-14(9-13)15(17)10-16(18)19/h2-4,9,11-12,15H,5-8,10,17H2,1H3,(H,18,19). The largest absolute Gasteiger partial charge is 0.481 e. The van der Waals surface area contributed by atoms with Crippen LogP contribution in [0.5, 0.6) is 0 Å². The van der Waals surface area contributed by atoms with Crippen molar-refractivity contribution in [3.05, 3.63) is 35.4 Å². The highest BCUT2D eigenvalue weighted by atomic mass is 16.4. The van der Waals surface area contributed by atoms with Gasteiger partial charge < -0.3 is 10.8 Å². The molecule has 0 spiro atoms. The van der Waals surface area contributed by atoms with E-state index in [0.717, 1.165) is 11.5 Å². The number of benzene rings is 1.